The van der Waals surface area contributed by atoms with Crippen molar-refractivity contribution in [3.05, 3.63) is 12.2 Å². The van der Waals surface area contributed by atoms with Crippen molar-refractivity contribution >= 4 is 0 Å². The second-order valence-electron chi connectivity index (χ2n) is 3.70. The molecular weight excluding hydrogens is 172 g/mol. The highest BCUT2D eigenvalue weighted by atomic mass is 35.5. The smallest absolute Gasteiger partial charge is 0.0955 e. The van der Waals surface area contributed by atoms with Crippen molar-refractivity contribution in [3.63, 3.8) is 0 Å². The maximum absolute atomic E-state index is 3.85. The molecule has 0 aliphatic heterocycles. The standard InChI is InChI=1S/C9H21N2.ClH/c1-6-7-11(4,5)10-8-9(2)3;/h10H,2,6-8H2,1,3-5H3;1H/q+1;/p-1. The van der Waals surface area contributed by atoms with Gasteiger partial charge in [0.05, 0.1) is 27.2 Å². The molecule has 0 saturated heterocycles. The fraction of sp³-hybridized carbons (Fsp3) is 0.778. The summed E-state index contributed by atoms with van der Waals surface area (Å²) >= 11 is 0. The minimum Gasteiger partial charge on any atom is -1.00 e. The SMILES string of the molecule is C=C(C)CN[N+](C)(C)CCC.[Cl-]. The third-order valence-corrected chi connectivity index (χ3v) is 1.59. The minimum atomic E-state index is 0. The number of rotatable bonds is 5. The van der Waals surface area contributed by atoms with Gasteiger partial charge in [0.25, 0.3) is 0 Å². The molecule has 0 amide bonds. The molecule has 1 N–H and O–H groups in total. The summed E-state index contributed by atoms with van der Waals surface area (Å²) in [5.74, 6) is 0. The molecule has 0 atom stereocenters. The summed E-state index contributed by atoms with van der Waals surface area (Å²) in [6.07, 6.45) is 1.20. The molecule has 0 aliphatic carbocycles. The fourth-order valence-electron chi connectivity index (χ4n) is 0.987. The third kappa shape index (κ3) is 8.05. The highest BCUT2D eigenvalue weighted by Gasteiger charge is 2.11. The van der Waals surface area contributed by atoms with Crippen LogP contribution in [0.4, 0.5) is 0 Å². The first kappa shape index (κ1) is 14.5. The van der Waals surface area contributed by atoms with Gasteiger partial charge in [0.15, 0.2) is 0 Å². The molecular formula is C9H21ClN2. The van der Waals surface area contributed by atoms with Gasteiger partial charge in [-0.25, -0.2) is 0 Å². The number of halogens is 1. The van der Waals surface area contributed by atoms with Gasteiger partial charge in [0.2, 0.25) is 0 Å². The molecule has 0 aromatic carbocycles. The number of quaternary nitrogens is 1. The van der Waals surface area contributed by atoms with Gasteiger partial charge in [-0.05, 0) is 13.3 Å². The number of hydrogen-bond acceptors (Lipinski definition) is 1. The molecule has 0 aromatic rings. The van der Waals surface area contributed by atoms with Crippen molar-refractivity contribution in [2.45, 2.75) is 20.3 Å². The molecule has 0 saturated carbocycles. The van der Waals surface area contributed by atoms with E-state index in [4.69, 9.17) is 0 Å². The van der Waals surface area contributed by atoms with Crippen molar-refractivity contribution in [1.29, 1.82) is 0 Å². The fourth-order valence-corrected chi connectivity index (χ4v) is 0.987. The Bertz CT molecular complexity index is 132. The Morgan fingerprint density at radius 1 is 1.42 bits per heavy atom. The van der Waals surface area contributed by atoms with Crippen LogP contribution in [0.25, 0.3) is 0 Å². The van der Waals surface area contributed by atoms with E-state index in [1.54, 1.807) is 0 Å². The van der Waals surface area contributed by atoms with Gasteiger partial charge in [-0.15, -0.1) is 0 Å². The maximum atomic E-state index is 3.85. The molecule has 74 valence electrons. The summed E-state index contributed by atoms with van der Waals surface area (Å²) in [7, 11) is 4.35. The van der Waals surface area contributed by atoms with E-state index in [2.05, 4.69) is 33.0 Å². The zero-order chi connectivity index (χ0) is 8.91. The molecule has 0 radical (unpaired) electrons. The van der Waals surface area contributed by atoms with Crippen LogP contribution in [0.1, 0.15) is 20.3 Å². The van der Waals surface area contributed by atoms with Crippen LogP contribution >= 0.6 is 0 Å². The molecule has 0 aromatic heterocycles. The van der Waals surface area contributed by atoms with Crippen LogP contribution in [0.3, 0.4) is 0 Å². The highest BCUT2D eigenvalue weighted by molar-refractivity contribution is 4.88. The average Bonchev–Trinajstić information content (AvgIpc) is 1.84. The molecule has 0 bridgehead atoms. The van der Waals surface area contributed by atoms with Crippen molar-refractivity contribution in [2.24, 2.45) is 0 Å². The van der Waals surface area contributed by atoms with E-state index in [1.165, 1.54) is 12.0 Å². The quantitative estimate of drug-likeness (QED) is 0.320. The lowest BCUT2D eigenvalue weighted by atomic mass is 10.3. The molecule has 0 unspecified atom stereocenters. The normalized spacial score (nSPS) is 10.7. The third-order valence-electron chi connectivity index (χ3n) is 1.59. The van der Waals surface area contributed by atoms with E-state index < -0.39 is 0 Å². The van der Waals surface area contributed by atoms with Gasteiger partial charge in [-0.3, -0.25) is 4.59 Å². The summed E-state index contributed by atoms with van der Waals surface area (Å²) in [6.45, 7) is 10.2. The Morgan fingerprint density at radius 2 is 1.92 bits per heavy atom. The second-order valence-corrected chi connectivity index (χ2v) is 3.70. The number of hydrogen-bond donors (Lipinski definition) is 1. The molecule has 0 rings (SSSR count). The van der Waals surface area contributed by atoms with Gasteiger partial charge in [-0.1, -0.05) is 19.1 Å². The second kappa shape index (κ2) is 6.46. The van der Waals surface area contributed by atoms with Crippen LogP contribution in [-0.4, -0.2) is 31.8 Å². The van der Waals surface area contributed by atoms with Crippen LogP contribution in [-0.2, 0) is 0 Å². The van der Waals surface area contributed by atoms with Crippen molar-refractivity contribution < 1.29 is 17.0 Å². The Kier molecular flexibility index (Phi) is 7.80. The first-order chi connectivity index (χ1) is 4.98. The zero-order valence-corrected chi connectivity index (χ0v) is 9.41. The molecule has 0 heterocycles. The van der Waals surface area contributed by atoms with E-state index >= 15 is 0 Å². The largest absolute Gasteiger partial charge is 1.00 e. The van der Waals surface area contributed by atoms with Gasteiger partial charge < -0.3 is 12.4 Å². The lowest BCUT2D eigenvalue weighted by Gasteiger charge is -2.29. The number of nitrogens with one attached hydrogen (secondary N) is 1. The highest BCUT2D eigenvalue weighted by Crippen LogP contribution is 1.94. The van der Waals surface area contributed by atoms with Gasteiger partial charge in [0.1, 0.15) is 0 Å². The van der Waals surface area contributed by atoms with Crippen LogP contribution in [0, 0.1) is 0 Å². The van der Waals surface area contributed by atoms with Gasteiger partial charge in [-0.2, -0.15) is 5.43 Å². The Hall–Kier alpha value is -0.0500. The maximum Gasteiger partial charge on any atom is 0.0955 e. The van der Waals surface area contributed by atoms with Crippen LogP contribution in [0.2, 0.25) is 0 Å². The molecule has 0 fully saturated rings. The average molecular weight is 193 g/mol. The van der Waals surface area contributed by atoms with E-state index in [0.717, 1.165) is 17.7 Å². The molecule has 2 nitrogen and oxygen atoms in total. The summed E-state index contributed by atoms with van der Waals surface area (Å²) in [4.78, 5) is 0. The predicted octanol–water partition coefficient (Wildman–Crippen LogP) is -1.44. The first-order valence-corrected chi connectivity index (χ1v) is 4.20. The summed E-state index contributed by atoms with van der Waals surface area (Å²) in [5, 5.41) is 0. The van der Waals surface area contributed by atoms with E-state index in [0.29, 0.717) is 0 Å². The predicted molar refractivity (Wildman–Crippen MR) is 50.1 cm³/mol. The summed E-state index contributed by atoms with van der Waals surface area (Å²) in [5.41, 5.74) is 4.58. The Balaban J connectivity index is 0. The van der Waals surface area contributed by atoms with Crippen LogP contribution in [0.15, 0.2) is 12.2 Å². The van der Waals surface area contributed by atoms with Gasteiger partial charge >= 0.3 is 0 Å². The van der Waals surface area contributed by atoms with Crippen LogP contribution < -0.4 is 17.8 Å². The van der Waals surface area contributed by atoms with Crippen LogP contribution in [0.5, 0.6) is 0 Å². The van der Waals surface area contributed by atoms with E-state index in [1.807, 2.05) is 6.92 Å². The van der Waals surface area contributed by atoms with Crippen molar-refractivity contribution in [2.75, 3.05) is 27.2 Å². The van der Waals surface area contributed by atoms with Gasteiger partial charge in [0, 0.05) is 0 Å². The topological polar surface area (TPSA) is 12.0 Å². The molecule has 3 heteroatoms. The summed E-state index contributed by atoms with van der Waals surface area (Å²) in [6, 6.07) is 0. The van der Waals surface area contributed by atoms with E-state index in [9.17, 15) is 0 Å². The molecule has 12 heavy (non-hydrogen) atoms. The minimum absolute atomic E-state index is 0. The molecule has 0 spiro atoms. The lowest BCUT2D eigenvalue weighted by molar-refractivity contribution is -0.933. The zero-order valence-electron chi connectivity index (χ0n) is 8.65. The Morgan fingerprint density at radius 3 is 2.25 bits per heavy atom. The summed E-state index contributed by atoms with van der Waals surface area (Å²) < 4.78 is 0.878. The first-order valence-electron chi connectivity index (χ1n) is 4.20. The lowest BCUT2D eigenvalue weighted by Crippen LogP contribution is -3.00. The molecule has 0 aliphatic rings. The van der Waals surface area contributed by atoms with Crippen molar-refractivity contribution in [3.8, 4) is 0 Å². The van der Waals surface area contributed by atoms with E-state index in [-0.39, 0.29) is 12.4 Å². The monoisotopic (exact) mass is 192 g/mol. The Labute approximate surface area is 82.6 Å². The van der Waals surface area contributed by atoms with Crippen molar-refractivity contribution in [1.82, 2.24) is 5.43 Å². The number of nitrogens with zero attached hydrogens (tertiary/aromatic N) is 1.